The third-order valence-corrected chi connectivity index (χ3v) is 13.4. The molecule has 15 nitrogen and oxygen atoms in total. The summed E-state index contributed by atoms with van der Waals surface area (Å²) in [4.78, 5) is 35.0. The van der Waals surface area contributed by atoms with Crippen LogP contribution in [0.3, 0.4) is 0 Å². The van der Waals surface area contributed by atoms with Crippen molar-refractivity contribution in [3.63, 3.8) is 0 Å². The van der Waals surface area contributed by atoms with E-state index in [4.69, 9.17) is 18.9 Å². The Hall–Kier alpha value is -5.97. The van der Waals surface area contributed by atoms with Crippen LogP contribution < -0.4 is 24.2 Å². The third kappa shape index (κ3) is 8.52. The highest BCUT2D eigenvalue weighted by Crippen LogP contribution is 2.49. The van der Waals surface area contributed by atoms with Gasteiger partial charge < -0.3 is 29.2 Å². The monoisotopic (exact) mass is 848 g/mol. The lowest BCUT2D eigenvalue weighted by molar-refractivity contribution is -0.384. The van der Waals surface area contributed by atoms with Crippen molar-refractivity contribution >= 4 is 43.9 Å². The van der Waals surface area contributed by atoms with Crippen molar-refractivity contribution in [2.24, 2.45) is 5.92 Å². The molecule has 0 radical (unpaired) electrons. The molecule has 5 heterocycles. The fraction of sp³-hybridized carbons (Fsp3) is 0.378. The lowest BCUT2D eigenvalue weighted by atomic mass is 9.88. The summed E-state index contributed by atoms with van der Waals surface area (Å²) in [6.45, 7) is 6.57. The number of nitro benzene ring substituents is 1. The quantitative estimate of drug-likeness (QED) is 0.0804. The molecule has 61 heavy (non-hydrogen) atoms. The van der Waals surface area contributed by atoms with Gasteiger partial charge >= 0.3 is 0 Å². The minimum Gasteiger partial charge on any atom is -0.455 e. The Balaban J connectivity index is 0.953. The van der Waals surface area contributed by atoms with E-state index in [2.05, 4.69) is 37.0 Å². The fourth-order valence-corrected chi connectivity index (χ4v) is 9.96. The summed E-state index contributed by atoms with van der Waals surface area (Å²) in [6, 6.07) is 19.0. The van der Waals surface area contributed by atoms with Gasteiger partial charge in [-0.25, -0.2) is 18.1 Å². The van der Waals surface area contributed by atoms with E-state index < -0.39 is 37.2 Å². The number of nitrogens with zero attached hydrogens (tertiary/aromatic N) is 3. The van der Waals surface area contributed by atoms with Crippen LogP contribution in [0.15, 0.2) is 90.1 Å². The molecule has 2 fully saturated rings. The van der Waals surface area contributed by atoms with Gasteiger partial charge in [0.2, 0.25) is 5.79 Å². The number of sulfonamides is 1. The Kier molecular flexibility index (Phi) is 10.9. The van der Waals surface area contributed by atoms with E-state index in [1.807, 2.05) is 32.0 Å². The number of likely N-dealkylation sites (tertiary alicyclic amines) is 1. The predicted molar refractivity (Wildman–Crippen MR) is 228 cm³/mol. The average molecular weight is 849 g/mol. The number of carbonyl (C=O) groups is 1. The number of fused-ring (bicyclic) bond motifs is 2. The Morgan fingerprint density at radius 3 is 2.70 bits per heavy atom. The molecule has 0 saturated carbocycles. The van der Waals surface area contributed by atoms with Gasteiger partial charge in [-0.05, 0) is 111 Å². The van der Waals surface area contributed by atoms with Gasteiger partial charge in [-0.15, -0.1) is 0 Å². The number of hydrogen-bond acceptors (Lipinski definition) is 12. The summed E-state index contributed by atoms with van der Waals surface area (Å²) < 4.78 is 53.5. The number of nitro groups is 1. The summed E-state index contributed by atoms with van der Waals surface area (Å²) in [6.07, 6.45) is 11.8. The number of rotatable bonds is 12. The molecule has 16 heteroatoms. The third-order valence-electron chi connectivity index (χ3n) is 12.0. The molecule has 2 aromatic heterocycles. The minimum atomic E-state index is -4.56. The van der Waals surface area contributed by atoms with Crippen molar-refractivity contribution in [3.8, 4) is 23.0 Å². The first-order valence-electron chi connectivity index (χ1n) is 20.8. The number of anilines is 1. The summed E-state index contributed by atoms with van der Waals surface area (Å²) in [5.74, 6) is 0.707. The van der Waals surface area contributed by atoms with Gasteiger partial charge in [0.15, 0.2) is 11.5 Å². The van der Waals surface area contributed by atoms with E-state index in [9.17, 15) is 23.3 Å². The van der Waals surface area contributed by atoms with Crippen molar-refractivity contribution in [3.05, 3.63) is 112 Å². The maximum absolute atomic E-state index is 13.9. The number of carbonyl (C=O) groups excluding carboxylic acids is 1. The summed E-state index contributed by atoms with van der Waals surface area (Å²) in [5, 5.41) is 16.0. The largest absolute Gasteiger partial charge is 0.455 e. The smallest absolute Gasteiger partial charge is 0.293 e. The molecule has 2 saturated heterocycles. The first-order chi connectivity index (χ1) is 29.4. The second kappa shape index (κ2) is 16.5. The first kappa shape index (κ1) is 40.4. The van der Waals surface area contributed by atoms with Gasteiger partial charge in [-0.1, -0.05) is 24.3 Å². The van der Waals surface area contributed by atoms with Crippen molar-refractivity contribution in [2.45, 2.75) is 81.6 Å². The summed E-state index contributed by atoms with van der Waals surface area (Å²) in [5.41, 5.74) is 3.49. The van der Waals surface area contributed by atoms with Crippen LogP contribution in [0.4, 0.5) is 11.4 Å². The van der Waals surface area contributed by atoms with Crippen LogP contribution in [0.5, 0.6) is 23.0 Å². The molecule has 3 N–H and O–H groups in total. The van der Waals surface area contributed by atoms with Crippen LogP contribution in [0.25, 0.3) is 16.6 Å². The molecular weight excluding hydrogens is 801 g/mol. The molecule has 2 unspecified atom stereocenters. The van der Waals surface area contributed by atoms with Gasteiger partial charge in [-0.3, -0.25) is 19.8 Å². The van der Waals surface area contributed by atoms with Crippen molar-refractivity contribution in [1.29, 1.82) is 0 Å². The average Bonchev–Trinajstić information content (AvgIpc) is 4.01. The second-order valence-corrected chi connectivity index (χ2v) is 18.2. The highest BCUT2D eigenvalue weighted by atomic mass is 32.2. The molecule has 4 aliphatic rings. The number of hydrogen-bond donors (Lipinski definition) is 3. The summed E-state index contributed by atoms with van der Waals surface area (Å²) >= 11 is 0. The highest BCUT2D eigenvalue weighted by Gasteiger charge is 2.39. The lowest BCUT2D eigenvalue weighted by Gasteiger charge is -2.35. The van der Waals surface area contributed by atoms with Gasteiger partial charge in [0.1, 0.15) is 22.8 Å². The lowest BCUT2D eigenvalue weighted by Crippen LogP contribution is -2.36. The normalized spacial score (nSPS) is 20.3. The molecule has 318 valence electrons. The van der Waals surface area contributed by atoms with Crippen LogP contribution in [0.2, 0.25) is 0 Å². The molecule has 3 aliphatic heterocycles. The standard InChI is InChI=1S/C45H48N6O9S/c1-45(2)59-40-7-3-5-35(42(40)60-45)38-6-4-20-50(38)32-11-8-29(9-12-32)30-10-14-36(41(24-30)58-33-23-31-16-19-46-43(31)48-27-33)44(52)49-61(55,56)34-13-15-37(39(25-34)51(53)54)47-26-28-17-21-57-22-18-28/h3,5,7-8,10,13-16,19,23-25,27-28,32,38,47H,4,6,9,11-12,17-18,20-22,26H2,1-2H3,(H,46,48)(H,49,52). The highest BCUT2D eigenvalue weighted by molar-refractivity contribution is 7.90. The number of benzene rings is 3. The van der Waals surface area contributed by atoms with Crippen LogP contribution in [0.1, 0.15) is 86.3 Å². The van der Waals surface area contributed by atoms with E-state index in [1.54, 1.807) is 30.5 Å². The van der Waals surface area contributed by atoms with E-state index in [1.165, 1.54) is 18.3 Å². The van der Waals surface area contributed by atoms with Gasteiger partial charge in [0.05, 0.1) is 21.6 Å². The van der Waals surface area contributed by atoms with Gasteiger partial charge in [0, 0.05) is 68.9 Å². The number of nitrogens with one attached hydrogen (secondary N) is 3. The van der Waals surface area contributed by atoms with E-state index >= 15 is 0 Å². The number of para-hydroxylation sites is 1. The number of H-pyrrole nitrogens is 1. The zero-order valence-electron chi connectivity index (χ0n) is 34.0. The second-order valence-electron chi connectivity index (χ2n) is 16.5. The van der Waals surface area contributed by atoms with Crippen LogP contribution >= 0.6 is 0 Å². The first-order valence-corrected chi connectivity index (χ1v) is 22.3. The maximum atomic E-state index is 13.9. The molecule has 3 aromatic carbocycles. The van der Waals surface area contributed by atoms with E-state index in [-0.39, 0.29) is 29.0 Å². The maximum Gasteiger partial charge on any atom is 0.293 e. The Morgan fingerprint density at radius 1 is 1.05 bits per heavy atom. The number of aromatic amines is 1. The molecule has 0 spiro atoms. The Morgan fingerprint density at radius 2 is 1.90 bits per heavy atom. The molecule has 5 aromatic rings. The van der Waals surface area contributed by atoms with Crippen molar-refractivity contribution in [2.75, 3.05) is 31.6 Å². The molecule has 9 rings (SSSR count). The zero-order chi connectivity index (χ0) is 42.3. The topological polar surface area (TPSA) is 187 Å². The van der Waals surface area contributed by atoms with E-state index in [0.29, 0.717) is 37.2 Å². The Bertz CT molecular complexity index is 2640. The number of ether oxygens (including phenoxy) is 4. The molecule has 1 amide bonds. The Labute approximate surface area is 353 Å². The summed E-state index contributed by atoms with van der Waals surface area (Å²) in [7, 11) is -4.56. The minimum absolute atomic E-state index is 0.0373. The number of allylic oxidation sites excluding steroid dienone is 1. The molecule has 1 aliphatic carbocycles. The van der Waals surface area contributed by atoms with Crippen molar-refractivity contribution in [1.82, 2.24) is 19.6 Å². The number of amides is 1. The molecule has 2 atom stereocenters. The van der Waals surface area contributed by atoms with Crippen LogP contribution in [-0.2, 0) is 14.8 Å². The van der Waals surface area contributed by atoms with Crippen LogP contribution in [-0.4, -0.2) is 72.2 Å². The predicted octanol–water partition coefficient (Wildman–Crippen LogP) is 8.50. The van der Waals surface area contributed by atoms with Gasteiger partial charge in [-0.2, -0.15) is 0 Å². The SMILES string of the molecule is CC1(C)Oc2cccc(C3CCCN3C3CC=C(c4ccc(C(=O)NS(=O)(=O)c5ccc(NCC6CCOCC6)c([N+](=O)[O-])c5)c(Oc5cnc6[nH]ccc6c5)c4)CC3)c2O1. The zero-order valence-corrected chi connectivity index (χ0v) is 34.8. The molecular formula is C45H48N6O9S. The fourth-order valence-electron chi connectivity index (χ4n) is 8.98. The molecule has 0 bridgehead atoms. The number of pyridine rings is 1. The van der Waals surface area contributed by atoms with Gasteiger partial charge in [0.25, 0.3) is 21.6 Å². The van der Waals surface area contributed by atoms with Crippen LogP contribution in [0, 0.1) is 16.0 Å². The number of aromatic nitrogens is 2. The van der Waals surface area contributed by atoms with Crippen molar-refractivity contribution < 1.29 is 37.1 Å². The van der Waals surface area contributed by atoms with E-state index in [0.717, 1.165) is 91.1 Å².